The number of nitrogens with one attached hydrogen (secondary N) is 1. The molecule has 5 nitrogen and oxygen atoms in total. The smallest absolute Gasteiger partial charge is 0.243 e. The Labute approximate surface area is 132 Å². The number of fused-ring (bicyclic) bond motifs is 1. The first kappa shape index (κ1) is 15.2. The molecule has 1 aromatic heterocycles. The van der Waals surface area contributed by atoms with Crippen LogP contribution in [0.25, 0.3) is 11.0 Å². The Bertz CT molecular complexity index is 632. The van der Waals surface area contributed by atoms with Gasteiger partial charge in [0.05, 0.1) is 5.52 Å². The first-order chi connectivity index (χ1) is 10.6. The van der Waals surface area contributed by atoms with Crippen molar-refractivity contribution in [3.8, 4) is 0 Å². The van der Waals surface area contributed by atoms with Crippen LogP contribution in [0.4, 0.5) is 5.95 Å². The van der Waals surface area contributed by atoms with Gasteiger partial charge in [-0.05, 0) is 45.2 Å². The maximum Gasteiger partial charge on any atom is 0.243 e. The molecule has 118 valence electrons. The molecule has 2 aromatic rings. The average Bonchev–Trinajstić information content (AvgIpc) is 2.50. The predicted molar refractivity (Wildman–Crippen MR) is 90.0 cm³/mol. The normalized spacial score (nSPS) is 22.9. The Morgan fingerprint density at radius 2 is 1.95 bits per heavy atom. The van der Waals surface area contributed by atoms with Crippen molar-refractivity contribution >= 4 is 17.0 Å². The van der Waals surface area contributed by atoms with Crippen LogP contribution in [0.5, 0.6) is 0 Å². The third-order valence-corrected chi connectivity index (χ3v) is 4.72. The van der Waals surface area contributed by atoms with E-state index < -0.39 is 0 Å². The molecular weight excluding hydrogens is 274 g/mol. The standard InChI is InChI=1S/C17H25N5/c1-12-6-4-9-15-16(12)20-21-17(19-15)18-10-11-22-13(2)7-5-8-14(22)3/h4,6,9,13-14H,5,7-8,10-11H2,1-3H3,(H,18,19,21). The van der Waals surface area contributed by atoms with Gasteiger partial charge in [0.1, 0.15) is 5.52 Å². The molecule has 0 bridgehead atoms. The number of likely N-dealkylation sites (tertiary alicyclic amines) is 1. The van der Waals surface area contributed by atoms with Gasteiger partial charge in [-0.2, -0.15) is 0 Å². The maximum absolute atomic E-state index is 4.55. The lowest BCUT2D eigenvalue weighted by molar-refractivity contribution is 0.109. The topological polar surface area (TPSA) is 53.9 Å². The zero-order chi connectivity index (χ0) is 15.5. The van der Waals surface area contributed by atoms with Gasteiger partial charge in [0, 0.05) is 25.2 Å². The zero-order valence-electron chi connectivity index (χ0n) is 13.7. The van der Waals surface area contributed by atoms with Gasteiger partial charge in [0.15, 0.2) is 0 Å². The van der Waals surface area contributed by atoms with Crippen LogP contribution < -0.4 is 5.32 Å². The fraction of sp³-hybridized carbons (Fsp3) is 0.588. The lowest BCUT2D eigenvalue weighted by Crippen LogP contribution is -2.45. The van der Waals surface area contributed by atoms with E-state index in [1.165, 1.54) is 19.3 Å². The van der Waals surface area contributed by atoms with E-state index in [0.717, 1.165) is 29.7 Å². The number of aromatic nitrogens is 3. The number of anilines is 1. The monoisotopic (exact) mass is 299 g/mol. The second-order valence-corrected chi connectivity index (χ2v) is 6.37. The highest BCUT2D eigenvalue weighted by Gasteiger charge is 2.23. The van der Waals surface area contributed by atoms with Gasteiger partial charge in [-0.3, -0.25) is 4.90 Å². The SMILES string of the molecule is Cc1cccc2nc(NCCN3C(C)CCCC3C)nnc12. The first-order valence-electron chi connectivity index (χ1n) is 8.25. The molecule has 1 N–H and O–H groups in total. The van der Waals surface area contributed by atoms with Crippen LogP contribution in [-0.4, -0.2) is 45.3 Å². The van der Waals surface area contributed by atoms with Gasteiger partial charge < -0.3 is 5.32 Å². The van der Waals surface area contributed by atoms with Crippen molar-refractivity contribution in [3.05, 3.63) is 23.8 Å². The molecule has 0 spiro atoms. The lowest BCUT2D eigenvalue weighted by atomic mass is 9.98. The number of rotatable bonds is 4. The third kappa shape index (κ3) is 3.19. The minimum atomic E-state index is 0.621. The van der Waals surface area contributed by atoms with Gasteiger partial charge in [0.2, 0.25) is 5.95 Å². The van der Waals surface area contributed by atoms with Crippen LogP contribution in [0.2, 0.25) is 0 Å². The summed E-state index contributed by atoms with van der Waals surface area (Å²) < 4.78 is 0. The van der Waals surface area contributed by atoms with Gasteiger partial charge >= 0.3 is 0 Å². The molecule has 22 heavy (non-hydrogen) atoms. The van der Waals surface area contributed by atoms with Crippen LogP contribution in [0.3, 0.4) is 0 Å². The molecule has 0 radical (unpaired) electrons. The van der Waals surface area contributed by atoms with Gasteiger partial charge in [0.25, 0.3) is 0 Å². The van der Waals surface area contributed by atoms with Gasteiger partial charge in [-0.1, -0.05) is 18.6 Å². The van der Waals surface area contributed by atoms with E-state index in [9.17, 15) is 0 Å². The molecule has 1 saturated heterocycles. The number of benzene rings is 1. The molecule has 1 aliphatic heterocycles. The number of hydrogen-bond acceptors (Lipinski definition) is 5. The highest BCUT2D eigenvalue weighted by atomic mass is 15.3. The predicted octanol–water partition coefficient (Wildman–Crippen LogP) is 3.01. The molecule has 2 unspecified atom stereocenters. The minimum absolute atomic E-state index is 0.621. The summed E-state index contributed by atoms with van der Waals surface area (Å²) in [6.07, 6.45) is 3.96. The highest BCUT2D eigenvalue weighted by Crippen LogP contribution is 2.21. The van der Waals surface area contributed by atoms with Crippen molar-refractivity contribution in [1.82, 2.24) is 20.1 Å². The highest BCUT2D eigenvalue weighted by molar-refractivity contribution is 5.77. The summed E-state index contributed by atoms with van der Waals surface area (Å²) in [5.41, 5.74) is 2.89. The molecule has 2 atom stereocenters. The van der Waals surface area contributed by atoms with Crippen molar-refractivity contribution in [3.63, 3.8) is 0 Å². The minimum Gasteiger partial charge on any atom is -0.352 e. The summed E-state index contributed by atoms with van der Waals surface area (Å²) in [4.78, 5) is 7.13. The van der Waals surface area contributed by atoms with Crippen LogP contribution in [-0.2, 0) is 0 Å². The summed E-state index contributed by atoms with van der Waals surface area (Å²) in [6.45, 7) is 8.56. The number of nitrogens with zero attached hydrogens (tertiary/aromatic N) is 4. The fourth-order valence-corrected chi connectivity index (χ4v) is 3.38. The van der Waals surface area contributed by atoms with Crippen molar-refractivity contribution in [2.24, 2.45) is 0 Å². The molecule has 5 heteroatoms. The van der Waals surface area contributed by atoms with Crippen molar-refractivity contribution in [1.29, 1.82) is 0 Å². The van der Waals surface area contributed by atoms with E-state index in [1.54, 1.807) is 0 Å². The maximum atomic E-state index is 4.55. The summed E-state index contributed by atoms with van der Waals surface area (Å²) in [7, 11) is 0. The zero-order valence-corrected chi connectivity index (χ0v) is 13.7. The Hall–Kier alpha value is -1.75. The number of aryl methyl sites for hydroxylation is 1. The molecule has 3 rings (SSSR count). The summed E-state index contributed by atoms with van der Waals surface area (Å²) in [6, 6.07) is 7.36. The molecule has 1 aromatic carbocycles. The largest absolute Gasteiger partial charge is 0.352 e. The van der Waals surface area contributed by atoms with E-state index in [-0.39, 0.29) is 0 Å². The fourth-order valence-electron chi connectivity index (χ4n) is 3.38. The molecule has 2 heterocycles. The summed E-state index contributed by atoms with van der Waals surface area (Å²) in [5, 5.41) is 11.8. The van der Waals surface area contributed by atoms with Crippen molar-refractivity contribution in [2.75, 3.05) is 18.4 Å². The van der Waals surface area contributed by atoms with Gasteiger partial charge in [-0.25, -0.2) is 4.98 Å². The van der Waals surface area contributed by atoms with E-state index in [2.05, 4.69) is 39.2 Å². The van der Waals surface area contributed by atoms with Crippen molar-refractivity contribution < 1.29 is 0 Å². The average molecular weight is 299 g/mol. The quantitative estimate of drug-likeness (QED) is 0.940. The number of piperidine rings is 1. The Morgan fingerprint density at radius 1 is 1.18 bits per heavy atom. The second-order valence-electron chi connectivity index (χ2n) is 6.37. The molecule has 1 fully saturated rings. The second kappa shape index (κ2) is 6.57. The van der Waals surface area contributed by atoms with Crippen LogP contribution in [0.15, 0.2) is 18.2 Å². The van der Waals surface area contributed by atoms with E-state index in [4.69, 9.17) is 0 Å². The summed E-state index contributed by atoms with van der Waals surface area (Å²) >= 11 is 0. The number of hydrogen-bond donors (Lipinski definition) is 1. The van der Waals surface area contributed by atoms with E-state index in [1.807, 2.05) is 25.1 Å². The molecule has 0 saturated carbocycles. The van der Waals surface area contributed by atoms with Crippen LogP contribution in [0.1, 0.15) is 38.7 Å². The Morgan fingerprint density at radius 3 is 2.73 bits per heavy atom. The molecular formula is C17H25N5. The molecule has 1 aliphatic rings. The lowest BCUT2D eigenvalue weighted by Gasteiger charge is -2.38. The van der Waals surface area contributed by atoms with Crippen molar-refractivity contribution in [2.45, 2.75) is 52.1 Å². The van der Waals surface area contributed by atoms with Gasteiger partial charge in [-0.15, -0.1) is 10.2 Å². The van der Waals surface area contributed by atoms with Crippen LogP contribution >= 0.6 is 0 Å². The summed E-state index contributed by atoms with van der Waals surface area (Å²) in [5.74, 6) is 0.621. The third-order valence-electron chi connectivity index (χ3n) is 4.72. The molecule has 0 aliphatic carbocycles. The Kier molecular flexibility index (Phi) is 4.52. The molecule has 0 amide bonds. The van der Waals surface area contributed by atoms with E-state index in [0.29, 0.717) is 18.0 Å². The van der Waals surface area contributed by atoms with E-state index >= 15 is 0 Å². The first-order valence-corrected chi connectivity index (χ1v) is 8.25. The van der Waals surface area contributed by atoms with Crippen LogP contribution in [0, 0.1) is 6.92 Å². The Balaban J connectivity index is 1.62.